The first-order chi connectivity index (χ1) is 7.31. The molecule has 3 rings (SSSR count). The first-order valence-electron chi connectivity index (χ1n) is 5.49. The Morgan fingerprint density at radius 2 is 2.40 bits per heavy atom. The van der Waals surface area contributed by atoms with Crippen molar-refractivity contribution in [2.24, 2.45) is 0 Å². The van der Waals surface area contributed by atoms with Gasteiger partial charge in [-0.15, -0.1) is 0 Å². The molecule has 0 aromatic carbocycles. The van der Waals surface area contributed by atoms with Crippen LogP contribution < -0.4 is 5.32 Å². The van der Waals surface area contributed by atoms with E-state index in [1.54, 1.807) is 6.92 Å². The highest BCUT2D eigenvalue weighted by Crippen LogP contribution is 2.34. The van der Waals surface area contributed by atoms with E-state index in [4.69, 9.17) is 9.26 Å². The molecule has 5 nitrogen and oxygen atoms in total. The van der Waals surface area contributed by atoms with Gasteiger partial charge in [0.15, 0.2) is 5.82 Å². The van der Waals surface area contributed by atoms with Crippen LogP contribution in [-0.4, -0.2) is 28.4 Å². The molecule has 1 aromatic rings. The third-order valence-electron chi connectivity index (χ3n) is 3.20. The van der Waals surface area contributed by atoms with E-state index in [0.717, 1.165) is 12.2 Å². The van der Waals surface area contributed by atoms with Crippen LogP contribution in [0.3, 0.4) is 0 Å². The highest BCUT2D eigenvalue weighted by molar-refractivity contribution is 4.95. The molecule has 2 aliphatic heterocycles. The van der Waals surface area contributed by atoms with Crippen molar-refractivity contribution < 1.29 is 9.26 Å². The molecule has 0 radical (unpaired) electrons. The third kappa shape index (κ3) is 1.77. The Morgan fingerprint density at radius 3 is 3.00 bits per heavy atom. The van der Waals surface area contributed by atoms with Crippen molar-refractivity contribution in [2.75, 3.05) is 0 Å². The van der Waals surface area contributed by atoms with Gasteiger partial charge in [0.05, 0.1) is 18.8 Å². The van der Waals surface area contributed by atoms with Crippen molar-refractivity contribution in [1.29, 1.82) is 0 Å². The second-order valence-electron chi connectivity index (χ2n) is 4.33. The van der Waals surface area contributed by atoms with Crippen LogP contribution in [0.5, 0.6) is 0 Å². The number of ether oxygens (including phenoxy) is 1. The fourth-order valence-electron chi connectivity index (χ4n) is 2.49. The Hall–Kier alpha value is -0.940. The van der Waals surface area contributed by atoms with E-state index in [1.807, 2.05) is 0 Å². The van der Waals surface area contributed by atoms with Gasteiger partial charge in [0.1, 0.15) is 0 Å². The molecule has 2 bridgehead atoms. The number of rotatable bonds is 3. The van der Waals surface area contributed by atoms with Crippen LogP contribution in [0.1, 0.15) is 31.0 Å². The predicted octanol–water partition coefficient (Wildman–Crippen LogP) is 0.788. The van der Waals surface area contributed by atoms with Crippen molar-refractivity contribution in [3.8, 4) is 0 Å². The molecule has 3 atom stereocenters. The van der Waals surface area contributed by atoms with Crippen LogP contribution in [0, 0.1) is 6.92 Å². The third-order valence-corrected chi connectivity index (χ3v) is 3.20. The van der Waals surface area contributed by atoms with Gasteiger partial charge in [-0.05, 0) is 19.3 Å². The first kappa shape index (κ1) is 9.30. The Bertz CT molecular complexity index is 352. The summed E-state index contributed by atoms with van der Waals surface area (Å²) < 4.78 is 10.7. The van der Waals surface area contributed by atoms with Gasteiger partial charge in [0, 0.05) is 13.0 Å². The molecule has 0 spiro atoms. The number of nitrogens with one attached hydrogen (secondary N) is 1. The van der Waals surface area contributed by atoms with Crippen molar-refractivity contribution in [2.45, 2.75) is 51.0 Å². The lowest BCUT2D eigenvalue weighted by molar-refractivity contribution is 0.0972. The summed E-state index contributed by atoms with van der Waals surface area (Å²) in [5, 5.41) is 7.28. The minimum atomic E-state index is 0.406. The monoisotopic (exact) mass is 209 g/mol. The van der Waals surface area contributed by atoms with E-state index in [-0.39, 0.29) is 0 Å². The lowest BCUT2D eigenvalue weighted by atomic mass is 9.95. The van der Waals surface area contributed by atoms with Crippen molar-refractivity contribution in [1.82, 2.24) is 15.5 Å². The Morgan fingerprint density at radius 1 is 1.47 bits per heavy atom. The maximum Gasteiger partial charge on any atom is 0.223 e. The number of hydrogen-bond acceptors (Lipinski definition) is 5. The maximum atomic E-state index is 5.75. The summed E-state index contributed by atoms with van der Waals surface area (Å²) in [7, 11) is 0. The van der Waals surface area contributed by atoms with Gasteiger partial charge in [-0.25, -0.2) is 0 Å². The zero-order valence-electron chi connectivity index (χ0n) is 8.77. The van der Waals surface area contributed by atoms with E-state index in [2.05, 4.69) is 15.5 Å². The van der Waals surface area contributed by atoms with E-state index in [9.17, 15) is 0 Å². The largest absolute Gasteiger partial charge is 0.373 e. The molecule has 2 saturated heterocycles. The summed E-state index contributed by atoms with van der Waals surface area (Å²) >= 11 is 0. The fourth-order valence-corrected chi connectivity index (χ4v) is 2.49. The molecule has 2 fully saturated rings. The molecular formula is C10H15N3O2. The fraction of sp³-hybridized carbons (Fsp3) is 0.800. The van der Waals surface area contributed by atoms with Crippen molar-refractivity contribution >= 4 is 0 Å². The number of aryl methyl sites for hydroxylation is 1. The first-order valence-corrected chi connectivity index (χ1v) is 5.49. The average Bonchev–Trinajstić information content (AvgIpc) is 2.90. The second kappa shape index (κ2) is 3.57. The van der Waals surface area contributed by atoms with Gasteiger partial charge < -0.3 is 14.6 Å². The smallest absolute Gasteiger partial charge is 0.223 e. The number of hydrogen-bond donors (Lipinski definition) is 1. The van der Waals surface area contributed by atoms with Crippen LogP contribution in [-0.2, 0) is 11.3 Å². The molecule has 3 unspecified atom stereocenters. The van der Waals surface area contributed by atoms with Crippen LogP contribution in [0.2, 0.25) is 0 Å². The van der Waals surface area contributed by atoms with Crippen LogP contribution >= 0.6 is 0 Å². The van der Waals surface area contributed by atoms with E-state index in [0.29, 0.717) is 30.7 Å². The molecule has 0 amide bonds. The summed E-state index contributed by atoms with van der Waals surface area (Å²) in [6, 6.07) is 0.475. The van der Waals surface area contributed by atoms with Gasteiger partial charge >= 0.3 is 0 Å². The number of fused-ring (bicyclic) bond motifs is 2. The van der Waals surface area contributed by atoms with Gasteiger partial charge in [0.2, 0.25) is 5.89 Å². The minimum Gasteiger partial charge on any atom is -0.373 e. The SMILES string of the molecule is Cc1nc(CNC2CC3CCC2O3)no1. The molecule has 1 N–H and O–H groups in total. The Balaban J connectivity index is 1.54. The Labute approximate surface area is 88.2 Å². The lowest BCUT2D eigenvalue weighted by Crippen LogP contribution is -2.37. The standard InChI is InChI=1S/C10H15N3O2/c1-6-12-10(13-15-6)5-11-8-4-7-2-3-9(8)14-7/h7-9,11H,2-5H2,1H3. The van der Waals surface area contributed by atoms with Crippen molar-refractivity contribution in [3.63, 3.8) is 0 Å². The van der Waals surface area contributed by atoms with Gasteiger partial charge in [-0.3, -0.25) is 0 Å². The highest BCUT2D eigenvalue weighted by atomic mass is 16.5. The summed E-state index contributed by atoms with van der Waals surface area (Å²) in [6.45, 7) is 2.48. The summed E-state index contributed by atoms with van der Waals surface area (Å²) in [4.78, 5) is 4.15. The van der Waals surface area contributed by atoms with Gasteiger partial charge in [-0.2, -0.15) is 4.98 Å². The lowest BCUT2D eigenvalue weighted by Gasteiger charge is -2.18. The number of aromatic nitrogens is 2. The van der Waals surface area contributed by atoms with E-state index in [1.165, 1.54) is 12.8 Å². The molecule has 3 heterocycles. The highest BCUT2D eigenvalue weighted by Gasteiger charge is 2.40. The average molecular weight is 209 g/mol. The molecule has 0 aliphatic carbocycles. The zero-order chi connectivity index (χ0) is 10.3. The quantitative estimate of drug-likeness (QED) is 0.797. The molecule has 1 aromatic heterocycles. The van der Waals surface area contributed by atoms with E-state index >= 15 is 0 Å². The molecular weight excluding hydrogens is 194 g/mol. The molecule has 0 saturated carbocycles. The van der Waals surface area contributed by atoms with Crippen molar-refractivity contribution in [3.05, 3.63) is 11.7 Å². The van der Waals surface area contributed by atoms with Crippen LogP contribution in [0.25, 0.3) is 0 Å². The molecule has 5 heteroatoms. The zero-order valence-corrected chi connectivity index (χ0v) is 8.77. The minimum absolute atomic E-state index is 0.406. The van der Waals surface area contributed by atoms with Gasteiger partial charge in [0.25, 0.3) is 0 Å². The topological polar surface area (TPSA) is 60.2 Å². The predicted molar refractivity (Wildman–Crippen MR) is 52.2 cm³/mol. The normalized spacial score (nSPS) is 33.8. The van der Waals surface area contributed by atoms with Crippen LogP contribution in [0.15, 0.2) is 4.52 Å². The second-order valence-corrected chi connectivity index (χ2v) is 4.33. The molecule has 82 valence electrons. The van der Waals surface area contributed by atoms with E-state index < -0.39 is 0 Å². The van der Waals surface area contributed by atoms with Gasteiger partial charge in [-0.1, -0.05) is 5.16 Å². The summed E-state index contributed by atoms with van der Waals surface area (Å²) in [5.74, 6) is 1.35. The van der Waals surface area contributed by atoms with Crippen LogP contribution in [0.4, 0.5) is 0 Å². The maximum absolute atomic E-state index is 5.75. The Kier molecular flexibility index (Phi) is 2.21. The molecule has 15 heavy (non-hydrogen) atoms. The molecule has 2 aliphatic rings. The number of nitrogens with zero attached hydrogens (tertiary/aromatic N) is 2. The summed E-state index contributed by atoms with van der Waals surface area (Å²) in [5.41, 5.74) is 0. The summed E-state index contributed by atoms with van der Waals surface area (Å²) in [6.07, 6.45) is 4.43.